The van der Waals surface area contributed by atoms with Crippen molar-refractivity contribution in [2.24, 2.45) is 0 Å². The minimum Gasteiger partial charge on any atom is -0.496 e. The van der Waals surface area contributed by atoms with Gasteiger partial charge in [-0.1, -0.05) is 26.3 Å². The number of rotatable bonds is 7. The lowest BCUT2D eigenvalue weighted by atomic mass is 9.90. The summed E-state index contributed by atoms with van der Waals surface area (Å²) in [7, 11) is 1.31. The van der Waals surface area contributed by atoms with Gasteiger partial charge >= 0.3 is 6.18 Å². The van der Waals surface area contributed by atoms with Gasteiger partial charge in [-0.25, -0.2) is 0 Å². The Morgan fingerprint density at radius 2 is 1.82 bits per heavy atom. The Labute approximate surface area is 128 Å². The largest absolute Gasteiger partial charge is 0.496 e. The fourth-order valence-electron chi connectivity index (χ4n) is 2.43. The van der Waals surface area contributed by atoms with Crippen molar-refractivity contribution in [3.63, 3.8) is 0 Å². The zero-order valence-electron chi connectivity index (χ0n) is 13.0. The summed E-state index contributed by atoms with van der Waals surface area (Å²) in [6.45, 7) is 3.69. The average molecular weight is 320 g/mol. The van der Waals surface area contributed by atoms with Crippen LogP contribution < -0.4 is 4.74 Å². The summed E-state index contributed by atoms with van der Waals surface area (Å²) in [5, 5.41) is 19.7. The molecule has 3 unspecified atom stereocenters. The first-order valence-corrected chi connectivity index (χ1v) is 7.31. The number of benzene rings is 1. The molecule has 0 spiro atoms. The van der Waals surface area contributed by atoms with Crippen LogP contribution in [0.1, 0.15) is 50.2 Å². The van der Waals surface area contributed by atoms with Gasteiger partial charge in [-0.05, 0) is 36.5 Å². The molecule has 3 atom stereocenters. The topological polar surface area (TPSA) is 49.7 Å². The van der Waals surface area contributed by atoms with Crippen molar-refractivity contribution in [1.29, 1.82) is 0 Å². The Morgan fingerprint density at radius 3 is 2.32 bits per heavy atom. The molecule has 0 amide bonds. The SMILES string of the molecule is CCCC(O)C(O)CC(C)c1ccc(C(F)(F)F)cc1OC. The van der Waals surface area contributed by atoms with Crippen LogP contribution in [0.25, 0.3) is 0 Å². The molecule has 1 aromatic rings. The van der Waals surface area contributed by atoms with Crippen molar-refractivity contribution in [3.05, 3.63) is 29.3 Å². The lowest BCUT2D eigenvalue weighted by molar-refractivity contribution is -0.137. The third-order valence-electron chi connectivity index (χ3n) is 3.72. The van der Waals surface area contributed by atoms with Crippen LogP contribution in [0.15, 0.2) is 18.2 Å². The number of hydrogen-bond acceptors (Lipinski definition) is 3. The molecule has 126 valence electrons. The van der Waals surface area contributed by atoms with Crippen molar-refractivity contribution in [2.75, 3.05) is 7.11 Å². The number of aliphatic hydroxyl groups excluding tert-OH is 2. The van der Waals surface area contributed by atoms with Crippen LogP contribution >= 0.6 is 0 Å². The standard InChI is InChI=1S/C16H23F3O3/c1-4-5-13(20)14(21)8-10(2)12-7-6-11(16(17,18)19)9-15(12)22-3/h6-7,9-10,13-14,20-21H,4-5,8H2,1-3H3. The maximum atomic E-state index is 12.7. The van der Waals surface area contributed by atoms with Gasteiger partial charge in [0.1, 0.15) is 5.75 Å². The van der Waals surface area contributed by atoms with Gasteiger partial charge in [0.2, 0.25) is 0 Å². The molecule has 0 radical (unpaired) electrons. The van der Waals surface area contributed by atoms with E-state index in [-0.39, 0.29) is 18.1 Å². The van der Waals surface area contributed by atoms with E-state index in [1.807, 2.05) is 6.92 Å². The van der Waals surface area contributed by atoms with Gasteiger partial charge in [0.05, 0.1) is 24.9 Å². The zero-order chi connectivity index (χ0) is 16.9. The number of ether oxygens (including phenoxy) is 1. The summed E-state index contributed by atoms with van der Waals surface area (Å²) in [4.78, 5) is 0. The fraction of sp³-hybridized carbons (Fsp3) is 0.625. The first kappa shape index (κ1) is 18.8. The Bertz CT molecular complexity index is 474. The molecule has 0 aliphatic carbocycles. The van der Waals surface area contributed by atoms with Crippen molar-refractivity contribution < 1.29 is 28.1 Å². The van der Waals surface area contributed by atoms with E-state index in [1.165, 1.54) is 13.2 Å². The second-order valence-corrected chi connectivity index (χ2v) is 5.51. The molecule has 1 rings (SSSR count). The summed E-state index contributed by atoms with van der Waals surface area (Å²) >= 11 is 0. The molecule has 0 fully saturated rings. The molecule has 0 aliphatic rings. The van der Waals surface area contributed by atoms with Gasteiger partial charge in [0, 0.05) is 0 Å². The predicted octanol–water partition coefficient (Wildman–Crippen LogP) is 3.73. The molecule has 0 heterocycles. The molecule has 0 saturated heterocycles. The van der Waals surface area contributed by atoms with Crippen molar-refractivity contribution in [1.82, 2.24) is 0 Å². The van der Waals surface area contributed by atoms with Crippen LogP contribution in [-0.4, -0.2) is 29.5 Å². The number of methoxy groups -OCH3 is 1. The molecular weight excluding hydrogens is 297 g/mol. The maximum absolute atomic E-state index is 12.7. The molecule has 0 aliphatic heterocycles. The fourth-order valence-corrected chi connectivity index (χ4v) is 2.43. The molecule has 3 nitrogen and oxygen atoms in total. The van der Waals surface area contributed by atoms with Crippen LogP contribution in [0.2, 0.25) is 0 Å². The highest BCUT2D eigenvalue weighted by Gasteiger charge is 2.32. The molecule has 2 N–H and O–H groups in total. The van der Waals surface area contributed by atoms with E-state index in [0.717, 1.165) is 18.6 Å². The van der Waals surface area contributed by atoms with Crippen LogP contribution in [0.5, 0.6) is 5.75 Å². The first-order chi connectivity index (χ1) is 10.2. The van der Waals surface area contributed by atoms with Gasteiger partial charge in [-0.2, -0.15) is 13.2 Å². The van der Waals surface area contributed by atoms with Gasteiger partial charge < -0.3 is 14.9 Å². The smallest absolute Gasteiger partial charge is 0.416 e. The van der Waals surface area contributed by atoms with Crippen molar-refractivity contribution in [2.45, 2.75) is 57.4 Å². The molecule has 0 bridgehead atoms. The minimum atomic E-state index is -4.42. The highest BCUT2D eigenvalue weighted by atomic mass is 19.4. The van der Waals surface area contributed by atoms with E-state index in [2.05, 4.69) is 0 Å². The van der Waals surface area contributed by atoms with Crippen LogP contribution in [0, 0.1) is 0 Å². The van der Waals surface area contributed by atoms with E-state index >= 15 is 0 Å². The van der Waals surface area contributed by atoms with Crippen LogP contribution in [0.4, 0.5) is 13.2 Å². The second-order valence-electron chi connectivity index (χ2n) is 5.51. The summed E-state index contributed by atoms with van der Waals surface area (Å²) < 4.78 is 43.2. The molecule has 0 saturated carbocycles. The number of halogens is 3. The number of aliphatic hydroxyl groups is 2. The van der Waals surface area contributed by atoms with E-state index in [0.29, 0.717) is 12.0 Å². The normalized spacial score (nSPS) is 16.2. The zero-order valence-corrected chi connectivity index (χ0v) is 13.0. The Hall–Kier alpha value is -1.27. The van der Waals surface area contributed by atoms with Crippen LogP contribution in [-0.2, 0) is 6.18 Å². The predicted molar refractivity (Wildman–Crippen MR) is 77.9 cm³/mol. The summed E-state index contributed by atoms with van der Waals surface area (Å²) in [6, 6.07) is 3.33. The Morgan fingerprint density at radius 1 is 1.18 bits per heavy atom. The second kappa shape index (κ2) is 7.83. The van der Waals surface area contributed by atoms with E-state index < -0.39 is 23.9 Å². The lowest BCUT2D eigenvalue weighted by Gasteiger charge is -2.23. The highest BCUT2D eigenvalue weighted by Crippen LogP contribution is 2.36. The molecule has 6 heteroatoms. The van der Waals surface area contributed by atoms with Crippen molar-refractivity contribution in [3.8, 4) is 5.75 Å². The summed E-state index contributed by atoms with van der Waals surface area (Å²) in [5.41, 5.74) is -0.190. The van der Waals surface area contributed by atoms with Gasteiger partial charge in [-0.15, -0.1) is 0 Å². The lowest BCUT2D eigenvalue weighted by Crippen LogP contribution is -2.27. The maximum Gasteiger partial charge on any atom is 0.416 e. The Balaban J connectivity index is 2.91. The third kappa shape index (κ3) is 4.88. The number of hydrogen-bond donors (Lipinski definition) is 2. The van der Waals surface area contributed by atoms with E-state index in [4.69, 9.17) is 4.74 Å². The van der Waals surface area contributed by atoms with Gasteiger partial charge in [0.25, 0.3) is 0 Å². The van der Waals surface area contributed by atoms with E-state index in [9.17, 15) is 23.4 Å². The first-order valence-electron chi connectivity index (χ1n) is 7.31. The average Bonchev–Trinajstić information content (AvgIpc) is 2.45. The highest BCUT2D eigenvalue weighted by molar-refractivity contribution is 5.40. The third-order valence-corrected chi connectivity index (χ3v) is 3.72. The van der Waals surface area contributed by atoms with Gasteiger partial charge in [0.15, 0.2) is 0 Å². The molecular formula is C16H23F3O3. The summed E-state index contributed by atoms with van der Waals surface area (Å²) in [6.07, 6.45) is -4.68. The Kier molecular flexibility index (Phi) is 6.68. The van der Waals surface area contributed by atoms with Crippen molar-refractivity contribution >= 4 is 0 Å². The quantitative estimate of drug-likeness (QED) is 0.805. The molecule has 22 heavy (non-hydrogen) atoms. The van der Waals surface area contributed by atoms with Crippen LogP contribution in [0.3, 0.4) is 0 Å². The molecule has 0 aromatic heterocycles. The monoisotopic (exact) mass is 320 g/mol. The van der Waals surface area contributed by atoms with E-state index in [1.54, 1.807) is 6.92 Å². The number of alkyl halides is 3. The summed E-state index contributed by atoms with van der Waals surface area (Å²) in [5.74, 6) is -0.0988. The molecule has 1 aromatic carbocycles. The minimum absolute atomic E-state index is 0.138. The van der Waals surface area contributed by atoms with Gasteiger partial charge in [-0.3, -0.25) is 0 Å².